The van der Waals surface area contributed by atoms with Gasteiger partial charge in [0.2, 0.25) is 0 Å². The van der Waals surface area contributed by atoms with Gasteiger partial charge in [-0.25, -0.2) is 0 Å². The van der Waals surface area contributed by atoms with E-state index < -0.39 is 0 Å². The second-order valence-corrected chi connectivity index (χ2v) is 10.8. The van der Waals surface area contributed by atoms with Gasteiger partial charge in [0.25, 0.3) is 0 Å². The van der Waals surface area contributed by atoms with Gasteiger partial charge in [-0.15, -0.1) is 26.4 Å². The van der Waals surface area contributed by atoms with Gasteiger partial charge in [-0.1, -0.05) is 105 Å². The molecule has 0 saturated carbocycles. The van der Waals surface area contributed by atoms with Crippen LogP contribution in [0.5, 0.6) is 0 Å². The van der Waals surface area contributed by atoms with Gasteiger partial charge < -0.3 is 20.4 Å². The Morgan fingerprint density at radius 3 is 0.400 bits per heavy atom. The molecule has 0 N–H and O–H groups in total. The fourth-order valence-electron chi connectivity index (χ4n) is 0. The molecule has 0 radical (unpaired) electrons. The van der Waals surface area contributed by atoms with Crippen LogP contribution >= 0.6 is 0 Å². The maximum Gasteiger partial charge on any atom is 4.00 e. The summed E-state index contributed by atoms with van der Waals surface area (Å²) in [5.41, 5.74) is -0.0556. The molecule has 0 unspecified atom stereocenters. The summed E-state index contributed by atoms with van der Waals surface area (Å²) in [6.07, 6.45) is 0. The Morgan fingerprint density at radius 2 is 0.400 bits per heavy atom. The summed E-state index contributed by atoms with van der Waals surface area (Å²) >= 11 is 0. The summed E-state index contributed by atoms with van der Waals surface area (Å²) < 4.78 is 0. The van der Waals surface area contributed by atoms with Crippen LogP contribution in [0.2, 0.25) is 0 Å². The van der Waals surface area contributed by atoms with Crippen molar-refractivity contribution in [3.05, 3.63) is 0 Å². The van der Waals surface area contributed by atoms with E-state index in [-0.39, 0.29) is 59.1 Å². The monoisotopic (exact) mass is 376 g/mol. The van der Waals surface area contributed by atoms with E-state index in [1.165, 1.54) is 0 Å². The molecule has 0 rings (SSSR count). The van der Waals surface area contributed by atoms with Crippen LogP contribution < -0.4 is 20.4 Å². The quantitative estimate of drug-likeness (QED) is 0.594. The first-order valence-corrected chi connectivity index (χ1v) is 8.57. The molecule has 0 aliphatic carbocycles. The van der Waals surface area contributed by atoms with Crippen molar-refractivity contribution < 1.29 is 20.4 Å². The summed E-state index contributed by atoms with van der Waals surface area (Å²) in [5.74, 6) is 0. The van der Waals surface area contributed by atoms with Crippen LogP contribution in [0.25, 0.3) is 0 Å². The number of rotatable bonds is 0. The minimum atomic E-state index is -0.0139. The minimum absolute atomic E-state index is 0. The molecule has 5 heteroatoms. The Balaban J connectivity index is -0.0000000702. The molecular weight excluding hydrogens is 332 g/mol. The van der Waals surface area contributed by atoms with Crippen molar-refractivity contribution in [1.29, 1.82) is 0 Å². The predicted octanol–water partition coefficient (Wildman–Crippen LogP) is 1.19. The zero-order valence-corrected chi connectivity index (χ0v) is 20.0. The van der Waals surface area contributed by atoms with Crippen LogP contribution in [0.3, 0.4) is 0 Å². The topological polar surface area (TPSA) is 92.2 Å². The van der Waals surface area contributed by atoms with Crippen molar-refractivity contribution in [2.45, 2.75) is 83.1 Å². The average Bonchev–Trinajstić information content (AvgIpc) is 2.37. The average molecular weight is 377 g/mol. The third-order valence-electron chi connectivity index (χ3n) is 1.73. The van der Waals surface area contributed by atoms with Gasteiger partial charge in [0.1, 0.15) is 0 Å². The zero-order valence-electron chi connectivity index (χ0n) is 19.0. The van der Waals surface area contributed by atoms with Crippen LogP contribution in [-0.4, -0.2) is 37.4 Å². The molecule has 0 aromatic rings. The van der Waals surface area contributed by atoms with Gasteiger partial charge >= 0.3 is 11.0 Å². The van der Waals surface area contributed by atoms with Crippen molar-refractivity contribution in [3.8, 4) is 0 Å². The van der Waals surface area contributed by atoms with Gasteiger partial charge in [0, 0.05) is 0 Å². The maximum absolute atomic E-state index is 9.95. The van der Waals surface area contributed by atoms with Crippen molar-refractivity contribution in [1.82, 2.24) is 0 Å². The first-order valence-electron chi connectivity index (χ1n) is 8.57. The van der Waals surface area contributed by atoms with Gasteiger partial charge in [0.05, 0.1) is 0 Å². The molecule has 0 fully saturated rings. The number of hydrogen-bond donors (Lipinski definition) is 0. The molecule has 0 aliphatic rings. The summed E-state index contributed by atoms with van der Waals surface area (Å²) in [7, 11) is 0. The van der Waals surface area contributed by atoms with E-state index in [4.69, 9.17) is 0 Å². The second-order valence-electron chi connectivity index (χ2n) is 10.8. The van der Waals surface area contributed by atoms with Crippen LogP contribution in [0.15, 0.2) is 0 Å². The SMILES string of the molecule is CC(C)(C)C[O-].CC(C)(C)C[O-].CC(C)(C)C[O-].CC(C)(C)C[O-].[Si+4]. The van der Waals surface area contributed by atoms with Crippen LogP contribution in [0, 0.1) is 21.7 Å². The van der Waals surface area contributed by atoms with Crippen molar-refractivity contribution >= 4 is 11.0 Å². The third kappa shape index (κ3) is 80.5. The largest absolute Gasteiger partial charge is 4.00 e. The van der Waals surface area contributed by atoms with E-state index in [9.17, 15) is 20.4 Å². The van der Waals surface area contributed by atoms with E-state index in [2.05, 4.69) is 0 Å². The molecule has 0 heterocycles. The predicted molar refractivity (Wildman–Crippen MR) is 103 cm³/mol. The fourth-order valence-corrected chi connectivity index (χ4v) is 0. The Morgan fingerprint density at radius 1 is 0.360 bits per heavy atom. The van der Waals surface area contributed by atoms with E-state index in [1.807, 2.05) is 83.1 Å². The summed E-state index contributed by atoms with van der Waals surface area (Å²) in [6.45, 7) is 23.3. The molecule has 0 aromatic heterocycles. The molecule has 152 valence electrons. The first-order chi connectivity index (χ1) is 10.2. The van der Waals surface area contributed by atoms with Gasteiger partial charge in [-0.2, -0.15) is 0 Å². The molecule has 0 spiro atoms. The number of hydrogen-bond acceptors (Lipinski definition) is 4. The third-order valence-corrected chi connectivity index (χ3v) is 1.73. The van der Waals surface area contributed by atoms with Crippen LogP contribution in [0.4, 0.5) is 0 Å². The molecule has 4 nitrogen and oxygen atoms in total. The molecule has 0 aromatic carbocycles. The molecule has 0 amide bonds. The molecular formula is C20H44O4Si. The Hall–Kier alpha value is 0.0569. The van der Waals surface area contributed by atoms with E-state index in [0.717, 1.165) is 0 Å². The standard InChI is InChI=1S/4C5H11O.Si/c4*1-5(2,3)4-6;/h4*4H2,1-3H3;/q4*-1;+4. The maximum atomic E-state index is 9.95. The summed E-state index contributed by atoms with van der Waals surface area (Å²) in [4.78, 5) is 0. The molecule has 0 saturated heterocycles. The Bertz CT molecular complexity index is 197. The van der Waals surface area contributed by atoms with Gasteiger partial charge in [-0.3, -0.25) is 0 Å². The summed E-state index contributed by atoms with van der Waals surface area (Å²) in [5, 5.41) is 39.8. The van der Waals surface area contributed by atoms with Crippen LogP contribution in [-0.2, 0) is 0 Å². The van der Waals surface area contributed by atoms with E-state index in [1.54, 1.807) is 0 Å². The smallest absolute Gasteiger partial charge is 0.854 e. The molecule has 0 aliphatic heterocycles. The van der Waals surface area contributed by atoms with Crippen molar-refractivity contribution in [3.63, 3.8) is 0 Å². The molecule has 25 heavy (non-hydrogen) atoms. The van der Waals surface area contributed by atoms with Crippen LogP contribution in [0.1, 0.15) is 83.1 Å². The Kier molecular flexibility index (Phi) is 23.4. The molecule has 0 atom stereocenters. The van der Waals surface area contributed by atoms with Crippen molar-refractivity contribution in [2.24, 2.45) is 21.7 Å². The van der Waals surface area contributed by atoms with Gasteiger partial charge in [-0.05, 0) is 0 Å². The van der Waals surface area contributed by atoms with E-state index in [0.29, 0.717) is 0 Å². The normalized spacial score (nSPS) is 11.5. The second kappa shape index (κ2) is 16.2. The summed E-state index contributed by atoms with van der Waals surface area (Å²) in [6, 6.07) is 0. The van der Waals surface area contributed by atoms with Gasteiger partial charge in [0.15, 0.2) is 0 Å². The van der Waals surface area contributed by atoms with Crippen molar-refractivity contribution in [2.75, 3.05) is 26.4 Å². The minimum Gasteiger partial charge on any atom is -0.854 e. The zero-order chi connectivity index (χ0) is 20.8. The first kappa shape index (κ1) is 36.0. The van der Waals surface area contributed by atoms with E-state index >= 15 is 0 Å². The fraction of sp³-hybridized carbons (Fsp3) is 1.00. The molecule has 0 bridgehead atoms. The Labute approximate surface area is 163 Å².